The van der Waals surface area contributed by atoms with Gasteiger partial charge >= 0.3 is 0 Å². The van der Waals surface area contributed by atoms with Crippen molar-refractivity contribution in [3.05, 3.63) is 71.3 Å². The lowest BCUT2D eigenvalue weighted by Crippen LogP contribution is -2.48. The number of piperazine rings is 1. The summed E-state index contributed by atoms with van der Waals surface area (Å²) in [5.41, 5.74) is 6.38. The monoisotopic (exact) mass is 373 g/mol. The highest BCUT2D eigenvalue weighted by atomic mass is 15.3. The van der Waals surface area contributed by atoms with E-state index in [1.54, 1.807) is 0 Å². The molecule has 3 heteroatoms. The highest BCUT2D eigenvalue weighted by molar-refractivity contribution is 6.23. The van der Waals surface area contributed by atoms with Crippen molar-refractivity contribution < 1.29 is 0 Å². The van der Waals surface area contributed by atoms with Crippen molar-refractivity contribution in [3.63, 3.8) is 0 Å². The minimum absolute atomic E-state index is 0.539. The zero-order valence-corrected chi connectivity index (χ0v) is 17.4. The number of rotatable bonds is 3. The van der Waals surface area contributed by atoms with E-state index in [2.05, 4.69) is 85.2 Å². The highest BCUT2D eigenvalue weighted by Gasteiger charge is 2.24. The molecular formula is C25H31N3. The van der Waals surface area contributed by atoms with Crippen LogP contribution in [0.1, 0.15) is 43.4 Å². The Labute approximate surface area is 169 Å². The summed E-state index contributed by atoms with van der Waals surface area (Å²) < 4.78 is 0. The normalized spacial score (nSPS) is 17.8. The van der Waals surface area contributed by atoms with Crippen LogP contribution in [0.2, 0.25) is 0 Å². The van der Waals surface area contributed by atoms with E-state index < -0.39 is 0 Å². The van der Waals surface area contributed by atoms with Gasteiger partial charge in [0.25, 0.3) is 0 Å². The van der Waals surface area contributed by atoms with Crippen LogP contribution in [0.5, 0.6) is 0 Å². The SMILES string of the molecule is CCN1CCN(C2=Nc3ccc(C(C)C)cc3CC=C2c2ccccc2)CC1. The predicted molar refractivity (Wildman–Crippen MR) is 119 cm³/mol. The van der Waals surface area contributed by atoms with Crippen LogP contribution < -0.4 is 0 Å². The summed E-state index contributed by atoms with van der Waals surface area (Å²) in [5, 5.41) is 0. The predicted octanol–water partition coefficient (Wildman–Crippen LogP) is 5.12. The molecular weight excluding hydrogens is 342 g/mol. The zero-order chi connectivity index (χ0) is 19.5. The van der Waals surface area contributed by atoms with Gasteiger partial charge in [-0.2, -0.15) is 0 Å². The van der Waals surface area contributed by atoms with Crippen molar-refractivity contribution in [2.24, 2.45) is 4.99 Å². The van der Waals surface area contributed by atoms with E-state index in [4.69, 9.17) is 4.99 Å². The molecule has 0 spiro atoms. The van der Waals surface area contributed by atoms with Gasteiger partial charge < -0.3 is 9.80 Å². The molecule has 0 aromatic heterocycles. The van der Waals surface area contributed by atoms with Crippen LogP contribution in [-0.4, -0.2) is 48.4 Å². The molecule has 0 radical (unpaired) electrons. The Kier molecular flexibility index (Phi) is 5.63. The summed E-state index contributed by atoms with van der Waals surface area (Å²) in [6.07, 6.45) is 3.32. The number of allylic oxidation sites excluding steroid dienone is 1. The van der Waals surface area contributed by atoms with E-state index >= 15 is 0 Å². The lowest BCUT2D eigenvalue weighted by atomic mass is 9.97. The van der Waals surface area contributed by atoms with E-state index in [0.29, 0.717) is 5.92 Å². The fourth-order valence-electron chi connectivity index (χ4n) is 4.10. The molecule has 2 heterocycles. The minimum Gasteiger partial charge on any atom is -0.354 e. The second-order valence-corrected chi connectivity index (χ2v) is 8.09. The fourth-order valence-corrected chi connectivity index (χ4v) is 4.10. The molecule has 0 unspecified atom stereocenters. The number of nitrogens with zero attached hydrogens (tertiary/aromatic N) is 3. The average Bonchev–Trinajstić information content (AvgIpc) is 2.93. The smallest absolute Gasteiger partial charge is 0.136 e. The number of likely N-dealkylation sites (N-methyl/N-ethyl adjacent to an activating group) is 1. The Balaban J connectivity index is 1.75. The second kappa shape index (κ2) is 8.32. The van der Waals surface area contributed by atoms with E-state index in [1.807, 2.05) is 0 Å². The van der Waals surface area contributed by atoms with Gasteiger partial charge in [-0.1, -0.05) is 69.3 Å². The van der Waals surface area contributed by atoms with Gasteiger partial charge in [-0.3, -0.25) is 0 Å². The highest BCUT2D eigenvalue weighted by Crippen LogP contribution is 2.32. The molecule has 3 nitrogen and oxygen atoms in total. The van der Waals surface area contributed by atoms with Gasteiger partial charge in [-0.05, 0) is 41.6 Å². The van der Waals surface area contributed by atoms with Crippen LogP contribution in [-0.2, 0) is 6.42 Å². The number of fused-ring (bicyclic) bond motifs is 1. The Morgan fingerprint density at radius 3 is 2.39 bits per heavy atom. The summed E-state index contributed by atoms with van der Waals surface area (Å²) in [5.74, 6) is 1.68. The fraction of sp³-hybridized carbons (Fsp3) is 0.400. The summed E-state index contributed by atoms with van der Waals surface area (Å²) in [6, 6.07) is 17.6. The van der Waals surface area contributed by atoms with Gasteiger partial charge in [0.05, 0.1) is 5.69 Å². The summed E-state index contributed by atoms with van der Waals surface area (Å²) in [7, 11) is 0. The maximum absolute atomic E-state index is 5.23. The molecule has 146 valence electrons. The van der Waals surface area contributed by atoms with Crippen LogP contribution in [0.25, 0.3) is 5.57 Å². The van der Waals surface area contributed by atoms with E-state index in [-0.39, 0.29) is 0 Å². The topological polar surface area (TPSA) is 18.8 Å². The van der Waals surface area contributed by atoms with Gasteiger partial charge in [0.2, 0.25) is 0 Å². The molecule has 1 fully saturated rings. The quantitative estimate of drug-likeness (QED) is 0.744. The average molecular weight is 374 g/mol. The third kappa shape index (κ3) is 3.90. The summed E-state index contributed by atoms with van der Waals surface area (Å²) >= 11 is 0. The lowest BCUT2D eigenvalue weighted by Gasteiger charge is -2.36. The standard InChI is InChI=1S/C25H31N3/c1-4-27-14-16-28(17-15-27)25-23(20-8-6-5-7-9-20)12-10-22-18-21(19(2)3)11-13-24(22)26-25/h5-9,11-13,18-19H,4,10,14-17H2,1-3H3. The van der Waals surface area contributed by atoms with Gasteiger partial charge in [0, 0.05) is 31.8 Å². The lowest BCUT2D eigenvalue weighted by molar-refractivity contribution is 0.191. The van der Waals surface area contributed by atoms with Crippen LogP contribution in [0, 0.1) is 0 Å². The molecule has 0 N–H and O–H groups in total. The molecule has 0 saturated carbocycles. The second-order valence-electron chi connectivity index (χ2n) is 8.09. The molecule has 0 atom stereocenters. The van der Waals surface area contributed by atoms with Crippen LogP contribution >= 0.6 is 0 Å². The Morgan fingerprint density at radius 2 is 1.71 bits per heavy atom. The number of amidine groups is 1. The maximum atomic E-state index is 5.23. The van der Waals surface area contributed by atoms with E-state index in [9.17, 15) is 0 Å². The van der Waals surface area contributed by atoms with E-state index in [0.717, 1.165) is 50.7 Å². The Bertz CT molecular complexity index is 872. The van der Waals surface area contributed by atoms with Gasteiger partial charge in [0.1, 0.15) is 5.84 Å². The van der Waals surface area contributed by atoms with Gasteiger partial charge in [0.15, 0.2) is 0 Å². The Hall–Kier alpha value is -2.39. The van der Waals surface area contributed by atoms with Crippen molar-refractivity contribution in [2.45, 2.75) is 33.1 Å². The van der Waals surface area contributed by atoms with Gasteiger partial charge in [-0.15, -0.1) is 0 Å². The van der Waals surface area contributed by atoms with Crippen molar-refractivity contribution in [2.75, 3.05) is 32.7 Å². The first-order valence-corrected chi connectivity index (χ1v) is 10.6. The minimum atomic E-state index is 0.539. The molecule has 2 aliphatic rings. The first-order valence-electron chi connectivity index (χ1n) is 10.6. The van der Waals surface area contributed by atoms with Gasteiger partial charge in [-0.25, -0.2) is 4.99 Å². The Morgan fingerprint density at radius 1 is 0.964 bits per heavy atom. The maximum Gasteiger partial charge on any atom is 0.136 e. The number of benzene rings is 2. The third-order valence-electron chi connectivity index (χ3n) is 5.97. The van der Waals surface area contributed by atoms with Crippen molar-refractivity contribution >= 4 is 17.1 Å². The first kappa shape index (κ1) is 18.9. The molecule has 1 saturated heterocycles. The van der Waals surface area contributed by atoms with Crippen LogP contribution in [0.4, 0.5) is 5.69 Å². The third-order valence-corrected chi connectivity index (χ3v) is 5.97. The molecule has 0 amide bonds. The number of hydrogen-bond donors (Lipinski definition) is 0. The van der Waals surface area contributed by atoms with E-state index in [1.165, 1.54) is 22.3 Å². The van der Waals surface area contributed by atoms with Crippen LogP contribution in [0.15, 0.2) is 59.6 Å². The molecule has 28 heavy (non-hydrogen) atoms. The van der Waals surface area contributed by atoms with Crippen molar-refractivity contribution in [1.82, 2.24) is 9.80 Å². The number of hydrogen-bond acceptors (Lipinski definition) is 3. The summed E-state index contributed by atoms with van der Waals surface area (Å²) in [6.45, 7) is 12.2. The zero-order valence-electron chi connectivity index (χ0n) is 17.4. The molecule has 2 aromatic rings. The molecule has 2 aromatic carbocycles. The largest absolute Gasteiger partial charge is 0.354 e. The number of aliphatic imine (C=N–C) groups is 1. The molecule has 2 aliphatic heterocycles. The van der Waals surface area contributed by atoms with Crippen LogP contribution in [0.3, 0.4) is 0 Å². The molecule has 0 bridgehead atoms. The molecule has 4 rings (SSSR count). The summed E-state index contributed by atoms with van der Waals surface area (Å²) in [4.78, 5) is 10.2. The van der Waals surface area contributed by atoms with Crippen molar-refractivity contribution in [3.8, 4) is 0 Å². The van der Waals surface area contributed by atoms with Crippen molar-refractivity contribution in [1.29, 1.82) is 0 Å². The first-order chi connectivity index (χ1) is 13.7. The molecule has 0 aliphatic carbocycles.